The largest absolute Gasteiger partial charge is 0.454 e. The number of nitrogens with zero attached hydrogens (tertiary/aromatic N) is 1. The maximum Gasteiger partial charge on any atom is 0.231 e. The van der Waals surface area contributed by atoms with Crippen molar-refractivity contribution in [1.82, 2.24) is 0 Å². The molecule has 2 aliphatic rings. The summed E-state index contributed by atoms with van der Waals surface area (Å²) in [7, 11) is 0. The van der Waals surface area contributed by atoms with Crippen molar-refractivity contribution in [3.8, 4) is 11.5 Å². The molecule has 0 aliphatic carbocycles. The Morgan fingerprint density at radius 2 is 2.00 bits per heavy atom. The zero-order valence-corrected chi connectivity index (χ0v) is 12.8. The first-order valence-electron chi connectivity index (χ1n) is 7.79. The van der Waals surface area contributed by atoms with E-state index in [4.69, 9.17) is 9.47 Å². The van der Waals surface area contributed by atoms with Gasteiger partial charge in [-0.15, -0.1) is 0 Å². The van der Waals surface area contributed by atoms with E-state index in [1.165, 1.54) is 5.56 Å². The molecule has 1 amide bonds. The Hall–Kier alpha value is -2.75. The predicted octanol–water partition coefficient (Wildman–Crippen LogP) is 3.63. The van der Waals surface area contributed by atoms with Gasteiger partial charge in [-0.05, 0) is 34.9 Å². The second-order valence-electron chi connectivity index (χ2n) is 6.06. The summed E-state index contributed by atoms with van der Waals surface area (Å²) in [6.07, 6.45) is 0.831. The summed E-state index contributed by atoms with van der Waals surface area (Å²) in [5.74, 6) is 1.68. The summed E-state index contributed by atoms with van der Waals surface area (Å²) in [4.78, 5) is 14.0. The maximum atomic E-state index is 12.1. The lowest BCUT2D eigenvalue weighted by molar-refractivity contribution is -0.116. The maximum absolute atomic E-state index is 12.1. The van der Waals surface area contributed by atoms with Crippen molar-refractivity contribution in [2.75, 3.05) is 18.2 Å². The van der Waals surface area contributed by atoms with E-state index < -0.39 is 0 Å². The Labute approximate surface area is 133 Å². The standard InChI is InChI=1S/C19H15NO3/c1-11(21)20-7-6-13-9-16-19(23-10-22-16)18-14-5-3-2-4-12(14)8-15(20)17(13)18/h2-5,8-9H,6-7,10H2,1H3. The zero-order chi connectivity index (χ0) is 15.6. The van der Waals surface area contributed by atoms with E-state index >= 15 is 0 Å². The van der Waals surface area contributed by atoms with Gasteiger partial charge in [-0.2, -0.15) is 0 Å². The summed E-state index contributed by atoms with van der Waals surface area (Å²) in [6, 6.07) is 12.4. The third-order valence-electron chi connectivity index (χ3n) is 4.80. The molecule has 5 rings (SSSR count). The predicted molar refractivity (Wildman–Crippen MR) is 89.3 cm³/mol. The van der Waals surface area contributed by atoms with E-state index in [2.05, 4.69) is 24.3 Å². The van der Waals surface area contributed by atoms with Crippen molar-refractivity contribution < 1.29 is 14.3 Å². The lowest BCUT2D eigenvalue weighted by Crippen LogP contribution is -2.33. The summed E-state index contributed by atoms with van der Waals surface area (Å²) in [5, 5.41) is 4.43. The molecule has 3 aromatic rings. The van der Waals surface area contributed by atoms with Crippen molar-refractivity contribution in [1.29, 1.82) is 0 Å². The van der Waals surface area contributed by atoms with E-state index in [-0.39, 0.29) is 12.7 Å². The van der Waals surface area contributed by atoms with Gasteiger partial charge in [0.05, 0.1) is 5.69 Å². The minimum atomic E-state index is 0.0740. The molecule has 114 valence electrons. The quantitative estimate of drug-likeness (QED) is 0.595. The minimum absolute atomic E-state index is 0.0740. The van der Waals surface area contributed by atoms with E-state index in [9.17, 15) is 4.79 Å². The van der Waals surface area contributed by atoms with Crippen molar-refractivity contribution in [3.05, 3.63) is 42.0 Å². The van der Waals surface area contributed by atoms with Crippen LogP contribution in [0.5, 0.6) is 11.5 Å². The SMILES string of the molecule is CC(=O)N1CCc2cc3c(c4c2c1cc1ccccc14)OCO3. The highest BCUT2D eigenvalue weighted by atomic mass is 16.7. The number of anilines is 1. The van der Waals surface area contributed by atoms with Crippen LogP contribution in [0, 0.1) is 0 Å². The number of benzene rings is 3. The van der Waals surface area contributed by atoms with Gasteiger partial charge in [-0.25, -0.2) is 0 Å². The number of carbonyl (C=O) groups is 1. The van der Waals surface area contributed by atoms with Gasteiger partial charge in [-0.3, -0.25) is 4.79 Å². The Balaban J connectivity index is 2.02. The van der Waals surface area contributed by atoms with E-state index in [1.54, 1.807) is 6.92 Å². The molecule has 2 aliphatic heterocycles. The van der Waals surface area contributed by atoms with E-state index in [0.29, 0.717) is 6.54 Å². The third kappa shape index (κ3) is 1.63. The highest BCUT2D eigenvalue weighted by Gasteiger charge is 2.28. The first-order chi connectivity index (χ1) is 11.2. The van der Waals surface area contributed by atoms with Gasteiger partial charge in [0.25, 0.3) is 0 Å². The Bertz CT molecular complexity index is 993. The molecule has 3 aromatic carbocycles. The molecule has 0 unspecified atom stereocenters. The molecular weight excluding hydrogens is 290 g/mol. The number of carbonyl (C=O) groups excluding carboxylic acids is 1. The van der Waals surface area contributed by atoms with Crippen LogP contribution in [0.3, 0.4) is 0 Å². The van der Waals surface area contributed by atoms with Crippen LogP contribution in [0.2, 0.25) is 0 Å². The van der Waals surface area contributed by atoms with Crippen LogP contribution in [0.4, 0.5) is 5.69 Å². The van der Waals surface area contributed by atoms with Crippen LogP contribution in [0.15, 0.2) is 36.4 Å². The average molecular weight is 305 g/mol. The molecule has 0 saturated heterocycles. The Morgan fingerprint density at radius 1 is 1.13 bits per heavy atom. The highest BCUT2D eigenvalue weighted by Crippen LogP contribution is 2.49. The fraction of sp³-hybridized carbons (Fsp3) is 0.211. The molecular formula is C19H15NO3. The first-order valence-corrected chi connectivity index (χ1v) is 7.79. The minimum Gasteiger partial charge on any atom is -0.454 e. The number of rotatable bonds is 0. The molecule has 0 spiro atoms. The number of fused-ring (bicyclic) bond motifs is 4. The molecule has 0 radical (unpaired) electrons. The Kier molecular flexibility index (Phi) is 2.43. The van der Waals surface area contributed by atoms with Gasteiger partial charge in [-0.1, -0.05) is 24.3 Å². The normalized spacial score (nSPS) is 15.4. The monoisotopic (exact) mass is 305 g/mol. The van der Waals surface area contributed by atoms with Crippen LogP contribution in [0.1, 0.15) is 12.5 Å². The van der Waals surface area contributed by atoms with Crippen molar-refractivity contribution >= 4 is 33.1 Å². The van der Waals surface area contributed by atoms with Crippen molar-refractivity contribution in [2.45, 2.75) is 13.3 Å². The first kappa shape index (κ1) is 12.8. The molecule has 0 saturated carbocycles. The summed E-state index contributed by atoms with van der Waals surface area (Å²) in [5.41, 5.74) is 2.20. The fourth-order valence-corrected chi connectivity index (χ4v) is 3.81. The number of hydrogen-bond acceptors (Lipinski definition) is 3. The van der Waals surface area contributed by atoms with Gasteiger partial charge in [0, 0.05) is 24.2 Å². The summed E-state index contributed by atoms with van der Waals surface area (Å²) < 4.78 is 11.4. The molecule has 2 heterocycles. The molecule has 0 atom stereocenters. The molecule has 0 bridgehead atoms. The van der Waals surface area contributed by atoms with Crippen LogP contribution in [0.25, 0.3) is 21.5 Å². The van der Waals surface area contributed by atoms with Gasteiger partial charge >= 0.3 is 0 Å². The van der Waals surface area contributed by atoms with Crippen LogP contribution in [-0.4, -0.2) is 19.2 Å². The number of amides is 1. The molecule has 23 heavy (non-hydrogen) atoms. The number of ether oxygens (including phenoxy) is 2. The van der Waals surface area contributed by atoms with Gasteiger partial charge in [0.1, 0.15) is 0 Å². The van der Waals surface area contributed by atoms with Crippen LogP contribution in [-0.2, 0) is 11.2 Å². The lowest BCUT2D eigenvalue weighted by atomic mass is 9.91. The topological polar surface area (TPSA) is 38.8 Å². The van der Waals surface area contributed by atoms with Crippen LogP contribution >= 0.6 is 0 Å². The molecule has 4 nitrogen and oxygen atoms in total. The zero-order valence-electron chi connectivity index (χ0n) is 12.8. The van der Waals surface area contributed by atoms with Crippen LogP contribution < -0.4 is 14.4 Å². The van der Waals surface area contributed by atoms with Crippen molar-refractivity contribution in [2.24, 2.45) is 0 Å². The lowest BCUT2D eigenvalue weighted by Gasteiger charge is -2.29. The van der Waals surface area contributed by atoms with Gasteiger partial charge in [0.15, 0.2) is 11.5 Å². The summed E-state index contributed by atoms with van der Waals surface area (Å²) >= 11 is 0. The second-order valence-corrected chi connectivity index (χ2v) is 6.06. The highest BCUT2D eigenvalue weighted by molar-refractivity contribution is 6.20. The molecule has 0 fully saturated rings. The van der Waals surface area contributed by atoms with Gasteiger partial charge in [0.2, 0.25) is 12.7 Å². The molecule has 0 aromatic heterocycles. The van der Waals surface area contributed by atoms with E-state index in [0.717, 1.165) is 45.2 Å². The fourth-order valence-electron chi connectivity index (χ4n) is 3.81. The van der Waals surface area contributed by atoms with E-state index in [1.807, 2.05) is 17.0 Å². The Morgan fingerprint density at radius 3 is 2.87 bits per heavy atom. The smallest absolute Gasteiger partial charge is 0.231 e. The number of hydrogen-bond donors (Lipinski definition) is 0. The van der Waals surface area contributed by atoms with Crippen molar-refractivity contribution in [3.63, 3.8) is 0 Å². The molecule has 4 heteroatoms. The third-order valence-corrected chi connectivity index (χ3v) is 4.80. The van der Waals surface area contributed by atoms with Gasteiger partial charge < -0.3 is 14.4 Å². The molecule has 0 N–H and O–H groups in total. The average Bonchev–Trinajstić information content (AvgIpc) is 3.02. The second kappa shape index (κ2) is 4.38. The summed E-state index contributed by atoms with van der Waals surface area (Å²) in [6.45, 7) is 2.58.